The Morgan fingerprint density at radius 2 is 2.31 bits per heavy atom. The Bertz CT molecular complexity index is 259. The number of aromatic nitrogens is 3. The second kappa shape index (κ2) is 4.94. The molecule has 0 aromatic carbocycles. The lowest BCUT2D eigenvalue weighted by molar-refractivity contribution is 0.275. The van der Waals surface area contributed by atoms with Gasteiger partial charge < -0.3 is 10.8 Å². The fourth-order valence-electron chi connectivity index (χ4n) is 1.20. The van der Waals surface area contributed by atoms with Crippen molar-refractivity contribution in [3.8, 4) is 0 Å². The highest BCUT2D eigenvalue weighted by molar-refractivity contribution is 5.07. The van der Waals surface area contributed by atoms with Gasteiger partial charge in [0.25, 0.3) is 0 Å². The summed E-state index contributed by atoms with van der Waals surface area (Å²) >= 11 is 0. The molecule has 0 saturated carbocycles. The molecule has 74 valence electrons. The van der Waals surface area contributed by atoms with Crippen molar-refractivity contribution in [3.63, 3.8) is 0 Å². The summed E-state index contributed by atoms with van der Waals surface area (Å²) in [6.45, 7) is 3.48. The van der Waals surface area contributed by atoms with Gasteiger partial charge in [0, 0.05) is 19.6 Å². The van der Waals surface area contributed by atoms with E-state index in [2.05, 4.69) is 10.3 Å². The minimum Gasteiger partial charge on any atom is -0.396 e. The maximum atomic E-state index is 8.65. The van der Waals surface area contributed by atoms with Gasteiger partial charge in [0.15, 0.2) is 0 Å². The molecule has 1 aromatic rings. The van der Waals surface area contributed by atoms with Gasteiger partial charge in [-0.05, 0) is 19.9 Å². The highest BCUT2D eigenvalue weighted by Gasteiger charge is 2.06. The van der Waals surface area contributed by atoms with Crippen molar-refractivity contribution >= 4 is 0 Å². The number of hydrogen-bond donors (Lipinski definition) is 2. The Morgan fingerprint density at radius 3 is 2.92 bits per heavy atom. The third-order valence-corrected chi connectivity index (χ3v) is 1.99. The molecule has 0 fully saturated rings. The average Bonchev–Trinajstić information content (AvgIpc) is 2.46. The monoisotopic (exact) mass is 184 g/mol. The van der Waals surface area contributed by atoms with Crippen LogP contribution in [0.2, 0.25) is 0 Å². The van der Waals surface area contributed by atoms with E-state index in [4.69, 9.17) is 10.8 Å². The zero-order valence-electron chi connectivity index (χ0n) is 7.90. The van der Waals surface area contributed by atoms with Crippen molar-refractivity contribution in [2.45, 2.75) is 26.3 Å². The molecule has 0 radical (unpaired) electrons. The second-order valence-corrected chi connectivity index (χ2v) is 2.96. The second-order valence-electron chi connectivity index (χ2n) is 2.96. The van der Waals surface area contributed by atoms with Crippen LogP contribution in [0, 0.1) is 6.92 Å². The van der Waals surface area contributed by atoms with Crippen LogP contribution in [0.1, 0.15) is 17.8 Å². The van der Waals surface area contributed by atoms with E-state index >= 15 is 0 Å². The minimum absolute atomic E-state index is 0.186. The minimum atomic E-state index is 0.186. The Morgan fingerprint density at radius 1 is 1.54 bits per heavy atom. The number of aliphatic hydroxyl groups excluding tert-OH is 1. The molecule has 3 N–H and O–H groups in total. The first-order chi connectivity index (χ1) is 6.29. The van der Waals surface area contributed by atoms with Crippen molar-refractivity contribution in [3.05, 3.63) is 11.4 Å². The quantitative estimate of drug-likeness (QED) is 0.645. The van der Waals surface area contributed by atoms with Gasteiger partial charge in [0.1, 0.15) is 0 Å². The van der Waals surface area contributed by atoms with Gasteiger partial charge in [0.2, 0.25) is 0 Å². The summed E-state index contributed by atoms with van der Waals surface area (Å²) in [5.41, 5.74) is 7.44. The molecule has 0 aliphatic carbocycles. The molecule has 1 aromatic heterocycles. The van der Waals surface area contributed by atoms with E-state index in [0.717, 1.165) is 24.4 Å². The first kappa shape index (κ1) is 10.1. The van der Waals surface area contributed by atoms with Gasteiger partial charge in [-0.1, -0.05) is 5.21 Å². The topological polar surface area (TPSA) is 77.0 Å². The van der Waals surface area contributed by atoms with Gasteiger partial charge in [-0.3, -0.25) is 0 Å². The van der Waals surface area contributed by atoms with Crippen LogP contribution in [0.4, 0.5) is 0 Å². The molecule has 1 heterocycles. The van der Waals surface area contributed by atoms with E-state index in [1.807, 2.05) is 6.92 Å². The lowest BCUT2D eigenvalue weighted by atomic mass is 10.2. The summed E-state index contributed by atoms with van der Waals surface area (Å²) in [5, 5.41) is 16.6. The van der Waals surface area contributed by atoms with E-state index in [1.54, 1.807) is 4.68 Å². The number of nitrogens with two attached hydrogens (primary N) is 1. The van der Waals surface area contributed by atoms with Crippen molar-refractivity contribution < 1.29 is 5.11 Å². The van der Waals surface area contributed by atoms with Crippen LogP contribution in [-0.2, 0) is 13.0 Å². The summed E-state index contributed by atoms with van der Waals surface area (Å²) < 4.78 is 1.81. The molecule has 0 amide bonds. The number of rotatable bonds is 5. The lowest BCUT2D eigenvalue weighted by Gasteiger charge is -2.01. The largest absolute Gasteiger partial charge is 0.396 e. The zero-order valence-corrected chi connectivity index (χ0v) is 7.90. The molecule has 0 saturated heterocycles. The molecule has 13 heavy (non-hydrogen) atoms. The number of aryl methyl sites for hydroxylation is 1. The molecular weight excluding hydrogens is 168 g/mol. The normalized spacial score (nSPS) is 10.7. The van der Waals surface area contributed by atoms with E-state index in [0.29, 0.717) is 13.0 Å². The third kappa shape index (κ3) is 2.50. The van der Waals surface area contributed by atoms with Gasteiger partial charge >= 0.3 is 0 Å². The van der Waals surface area contributed by atoms with E-state index in [-0.39, 0.29) is 6.61 Å². The van der Waals surface area contributed by atoms with Gasteiger partial charge in [-0.25, -0.2) is 4.68 Å². The molecule has 5 heteroatoms. The highest BCUT2D eigenvalue weighted by Crippen LogP contribution is 2.04. The van der Waals surface area contributed by atoms with Crippen LogP contribution in [-0.4, -0.2) is 33.3 Å². The summed E-state index contributed by atoms with van der Waals surface area (Å²) in [7, 11) is 0. The van der Waals surface area contributed by atoms with Crippen LogP contribution in [0.5, 0.6) is 0 Å². The zero-order chi connectivity index (χ0) is 9.68. The summed E-state index contributed by atoms with van der Waals surface area (Å²) in [6, 6.07) is 0. The SMILES string of the molecule is Cc1c(CCN)nnn1CCCO. The predicted molar refractivity (Wildman–Crippen MR) is 49.2 cm³/mol. The maximum Gasteiger partial charge on any atom is 0.0868 e. The Labute approximate surface area is 77.6 Å². The fraction of sp³-hybridized carbons (Fsp3) is 0.750. The number of aliphatic hydroxyl groups is 1. The summed E-state index contributed by atoms with van der Waals surface area (Å²) in [5.74, 6) is 0. The van der Waals surface area contributed by atoms with Crippen molar-refractivity contribution in [1.82, 2.24) is 15.0 Å². The van der Waals surface area contributed by atoms with E-state index < -0.39 is 0 Å². The van der Waals surface area contributed by atoms with Gasteiger partial charge in [0.05, 0.1) is 11.4 Å². The number of hydrogen-bond acceptors (Lipinski definition) is 4. The van der Waals surface area contributed by atoms with E-state index in [1.165, 1.54) is 0 Å². The lowest BCUT2D eigenvalue weighted by Crippen LogP contribution is -2.06. The molecule has 0 spiro atoms. The van der Waals surface area contributed by atoms with Crippen LogP contribution >= 0.6 is 0 Å². The maximum absolute atomic E-state index is 8.65. The van der Waals surface area contributed by atoms with Gasteiger partial charge in [-0.15, -0.1) is 5.10 Å². The van der Waals surface area contributed by atoms with Crippen LogP contribution in [0.3, 0.4) is 0 Å². The predicted octanol–water partition coefficient (Wildman–Crippen LogP) is -0.530. The summed E-state index contributed by atoms with van der Waals surface area (Å²) in [4.78, 5) is 0. The Kier molecular flexibility index (Phi) is 3.85. The fourth-order valence-corrected chi connectivity index (χ4v) is 1.20. The van der Waals surface area contributed by atoms with E-state index in [9.17, 15) is 0 Å². The highest BCUT2D eigenvalue weighted by atomic mass is 16.3. The smallest absolute Gasteiger partial charge is 0.0868 e. The van der Waals surface area contributed by atoms with Crippen LogP contribution in [0.25, 0.3) is 0 Å². The van der Waals surface area contributed by atoms with Crippen molar-refractivity contribution in [1.29, 1.82) is 0 Å². The molecule has 5 nitrogen and oxygen atoms in total. The first-order valence-electron chi connectivity index (χ1n) is 4.49. The molecule has 0 unspecified atom stereocenters. The summed E-state index contributed by atoms with van der Waals surface area (Å²) in [6.07, 6.45) is 1.48. The van der Waals surface area contributed by atoms with Crippen molar-refractivity contribution in [2.24, 2.45) is 5.73 Å². The molecule has 0 bridgehead atoms. The number of nitrogens with zero attached hydrogens (tertiary/aromatic N) is 3. The molecule has 1 rings (SSSR count). The van der Waals surface area contributed by atoms with Crippen molar-refractivity contribution in [2.75, 3.05) is 13.2 Å². The van der Waals surface area contributed by atoms with Crippen LogP contribution in [0.15, 0.2) is 0 Å². The average molecular weight is 184 g/mol. The van der Waals surface area contributed by atoms with Gasteiger partial charge in [-0.2, -0.15) is 0 Å². The Hall–Kier alpha value is -0.940. The Balaban J connectivity index is 2.62. The molecule has 0 aliphatic heterocycles. The molecular formula is C8H16N4O. The third-order valence-electron chi connectivity index (χ3n) is 1.99. The molecule has 0 aliphatic rings. The van der Waals surface area contributed by atoms with Crippen LogP contribution < -0.4 is 5.73 Å². The molecule has 0 atom stereocenters. The first-order valence-corrected chi connectivity index (χ1v) is 4.49. The standard InChI is InChI=1S/C8H16N4O/c1-7-8(3-4-9)10-11-12(7)5-2-6-13/h13H,2-6,9H2,1H3.